The van der Waals surface area contributed by atoms with Crippen molar-refractivity contribution >= 4 is 0 Å². The van der Waals surface area contributed by atoms with Gasteiger partial charge in [0.15, 0.2) is 0 Å². The molecule has 72 valence electrons. The van der Waals surface area contributed by atoms with Gasteiger partial charge in [0, 0.05) is 0 Å². The van der Waals surface area contributed by atoms with E-state index >= 15 is 0 Å². The molecule has 0 aromatic rings. The van der Waals surface area contributed by atoms with E-state index in [-0.39, 0.29) is 0 Å². The molecule has 0 heteroatoms. The second-order valence-corrected chi connectivity index (χ2v) is 4.91. The van der Waals surface area contributed by atoms with Gasteiger partial charge >= 0.3 is 0 Å². The van der Waals surface area contributed by atoms with Gasteiger partial charge < -0.3 is 0 Å². The molecule has 1 aliphatic carbocycles. The van der Waals surface area contributed by atoms with E-state index in [0.717, 1.165) is 11.8 Å². The van der Waals surface area contributed by atoms with Crippen LogP contribution in [0.2, 0.25) is 0 Å². The predicted octanol–water partition coefficient (Wildman–Crippen LogP) is 4.25. The second-order valence-electron chi connectivity index (χ2n) is 4.91. The Labute approximate surface area is 77.7 Å². The third kappa shape index (κ3) is 1.84. The van der Waals surface area contributed by atoms with Gasteiger partial charge in [0.25, 0.3) is 0 Å². The van der Waals surface area contributed by atoms with Gasteiger partial charge in [0.05, 0.1) is 0 Å². The van der Waals surface area contributed by atoms with E-state index in [1.54, 1.807) is 0 Å². The first kappa shape index (κ1) is 10.1. The summed E-state index contributed by atoms with van der Waals surface area (Å²) < 4.78 is 0. The van der Waals surface area contributed by atoms with E-state index in [9.17, 15) is 0 Å². The Morgan fingerprint density at radius 3 is 1.67 bits per heavy atom. The lowest BCUT2D eigenvalue weighted by Crippen LogP contribution is -2.09. The maximum Gasteiger partial charge on any atom is -0.0323 e. The van der Waals surface area contributed by atoms with E-state index in [0.29, 0.717) is 5.41 Å². The van der Waals surface area contributed by atoms with Gasteiger partial charge in [-0.1, -0.05) is 47.0 Å². The molecule has 0 spiro atoms. The van der Waals surface area contributed by atoms with Gasteiger partial charge in [-0.05, 0) is 30.1 Å². The molecule has 2 atom stereocenters. The molecule has 1 fully saturated rings. The molecule has 0 amide bonds. The zero-order chi connectivity index (χ0) is 9.19. The Morgan fingerprint density at radius 2 is 1.42 bits per heavy atom. The van der Waals surface area contributed by atoms with E-state index in [1.165, 1.54) is 32.1 Å². The maximum absolute atomic E-state index is 2.48. The van der Waals surface area contributed by atoms with Crippen LogP contribution in [0.25, 0.3) is 0 Å². The van der Waals surface area contributed by atoms with Crippen molar-refractivity contribution in [3.8, 4) is 0 Å². The molecule has 0 aliphatic heterocycles. The third-order valence-corrected chi connectivity index (χ3v) is 4.08. The average Bonchev–Trinajstić information content (AvgIpc) is 2.43. The SMILES string of the molecule is CCC1CC(C)(CC)CC1CC. The molecule has 0 radical (unpaired) electrons. The van der Waals surface area contributed by atoms with Crippen molar-refractivity contribution in [2.75, 3.05) is 0 Å². The Morgan fingerprint density at radius 1 is 1.00 bits per heavy atom. The van der Waals surface area contributed by atoms with Crippen LogP contribution >= 0.6 is 0 Å². The highest BCUT2D eigenvalue weighted by molar-refractivity contribution is 4.89. The largest absolute Gasteiger partial charge is 0.0651 e. The van der Waals surface area contributed by atoms with Gasteiger partial charge in [-0.25, -0.2) is 0 Å². The Balaban J connectivity index is 2.58. The molecule has 0 bridgehead atoms. The quantitative estimate of drug-likeness (QED) is 0.591. The van der Waals surface area contributed by atoms with E-state index < -0.39 is 0 Å². The van der Waals surface area contributed by atoms with Gasteiger partial charge in [0.1, 0.15) is 0 Å². The monoisotopic (exact) mass is 168 g/mol. The van der Waals surface area contributed by atoms with Crippen molar-refractivity contribution in [1.82, 2.24) is 0 Å². The van der Waals surface area contributed by atoms with Crippen LogP contribution in [0.4, 0.5) is 0 Å². The highest BCUT2D eigenvalue weighted by atomic mass is 14.4. The molecule has 1 rings (SSSR count). The van der Waals surface area contributed by atoms with Gasteiger partial charge in [0.2, 0.25) is 0 Å². The first-order valence-electron chi connectivity index (χ1n) is 5.65. The lowest BCUT2D eigenvalue weighted by Gasteiger charge is -2.21. The smallest absolute Gasteiger partial charge is 0.0323 e. The molecule has 0 aromatic heterocycles. The summed E-state index contributed by atoms with van der Waals surface area (Å²) in [6, 6.07) is 0. The van der Waals surface area contributed by atoms with Crippen LogP contribution in [0.5, 0.6) is 0 Å². The van der Waals surface area contributed by atoms with Crippen molar-refractivity contribution in [3.05, 3.63) is 0 Å². The summed E-state index contributed by atoms with van der Waals surface area (Å²) in [7, 11) is 0. The fourth-order valence-electron chi connectivity index (χ4n) is 2.93. The lowest BCUT2D eigenvalue weighted by atomic mass is 9.84. The molecule has 1 aliphatic rings. The molecule has 0 N–H and O–H groups in total. The van der Waals surface area contributed by atoms with Crippen LogP contribution in [0.3, 0.4) is 0 Å². The molecule has 2 unspecified atom stereocenters. The standard InChI is InChI=1S/C12H24/c1-5-10-8-12(4,7-3)9-11(10)6-2/h10-11H,5-9H2,1-4H3. The van der Waals surface area contributed by atoms with Crippen LogP contribution < -0.4 is 0 Å². The van der Waals surface area contributed by atoms with Crippen molar-refractivity contribution in [2.45, 2.75) is 59.8 Å². The van der Waals surface area contributed by atoms with E-state index in [1.807, 2.05) is 0 Å². The van der Waals surface area contributed by atoms with Crippen LogP contribution in [0.1, 0.15) is 59.8 Å². The van der Waals surface area contributed by atoms with Crippen LogP contribution in [-0.2, 0) is 0 Å². The van der Waals surface area contributed by atoms with Gasteiger partial charge in [-0.3, -0.25) is 0 Å². The van der Waals surface area contributed by atoms with Gasteiger partial charge in [-0.2, -0.15) is 0 Å². The molecular weight excluding hydrogens is 144 g/mol. The van der Waals surface area contributed by atoms with Crippen LogP contribution in [-0.4, -0.2) is 0 Å². The Hall–Kier alpha value is 0. The summed E-state index contributed by atoms with van der Waals surface area (Å²) in [5.41, 5.74) is 0.682. The minimum Gasteiger partial charge on any atom is -0.0651 e. The molecular formula is C12H24. The zero-order valence-corrected chi connectivity index (χ0v) is 9.19. The van der Waals surface area contributed by atoms with Crippen molar-refractivity contribution in [3.63, 3.8) is 0 Å². The molecule has 0 aromatic carbocycles. The minimum atomic E-state index is 0.682. The van der Waals surface area contributed by atoms with Crippen LogP contribution in [0, 0.1) is 17.3 Å². The summed E-state index contributed by atoms with van der Waals surface area (Å²) in [4.78, 5) is 0. The number of rotatable bonds is 3. The number of hydrogen-bond acceptors (Lipinski definition) is 0. The van der Waals surface area contributed by atoms with E-state index in [2.05, 4.69) is 27.7 Å². The summed E-state index contributed by atoms with van der Waals surface area (Å²) in [5, 5.41) is 0. The Bertz CT molecular complexity index is 125. The molecule has 0 saturated heterocycles. The van der Waals surface area contributed by atoms with E-state index in [4.69, 9.17) is 0 Å². The average molecular weight is 168 g/mol. The fourth-order valence-corrected chi connectivity index (χ4v) is 2.93. The number of hydrogen-bond donors (Lipinski definition) is 0. The molecule has 12 heavy (non-hydrogen) atoms. The topological polar surface area (TPSA) is 0 Å². The summed E-state index contributed by atoms with van der Waals surface area (Å²) in [6.07, 6.45) is 7.14. The van der Waals surface area contributed by atoms with Crippen molar-refractivity contribution < 1.29 is 0 Å². The molecule has 0 nitrogen and oxygen atoms in total. The van der Waals surface area contributed by atoms with Gasteiger partial charge in [-0.15, -0.1) is 0 Å². The molecule has 1 saturated carbocycles. The second kappa shape index (κ2) is 3.81. The van der Waals surface area contributed by atoms with Crippen molar-refractivity contribution in [1.29, 1.82) is 0 Å². The predicted molar refractivity (Wildman–Crippen MR) is 55.2 cm³/mol. The minimum absolute atomic E-state index is 0.682. The highest BCUT2D eigenvalue weighted by Crippen LogP contribution is 2.49. The first-order chi connectivity index (χ1) is 5.65. The highest BCUT2D eigenvalue weighted by Gasteiger charge is 2.38. The maximum atomic E-state index is 2.48. The first-order valence-corrected chi connectivity index (χ1v) is 5.65. The normalized spacial score (nSPS) is 42.0. The zero-order valence-electron chi connectivity index (χ0n) is 9.19. The summed E-state index contributed by atoms with van der Waals surface area (Å²) in [5.74, 6) is 2.06. The molecule has 0 heterocycles. The van der Waals surface area contributed by atoms with Crippen LogP contribution in [0.15, 0.2) is 0 Å². The lowest BCUT2D eigenvalue weighted by molar-refractivity contribution is 0.303. The fraction of sp³-hybridized carbons (Fsp3) is 1.00. The van der Waals surface area contributed by atoms with Crippen molar-refractivity contribution in [2.24, 2.45) is 17.3 Å². The third-order valence-electron chi connectivity index (χ3n) is 4.08. The summed E-state index contributed by atoms with van der Waals surface area (Å²) in [6.45, 7) is 9.54. The summed E-state index contributed by atoms with van der Waals surface area (Å²) >= 11 is 0. The Kier molecular flexibility index (Phi) is 3.20.